The maximum Gasteiger partial charge on any atom is 0.424 e. The molecule has 1 unspecified atom stereocenters. The minimum atomic E-state index is -3.62. The number of rotatable bonds is 3. The average Bonchev–Trinajstić information content (AvgIpc) is 2.49. The van der Waals surface area contributed by atoms with Gasteiger partial charge in [-0.05, 0) is 44.9 Å². The molecule has 0 spiro atoms. The zero-order valence-electron chi connectivity index (χ0n) is 13.4. The van der Waals surface area contributed by atoms with Gasteiger partial charge in [0, 0.05) is 6.54 Å². The quantitative estimate of drug-likeness (QED) is 0.804. The lowest BCUT2D eigenvalue weighted by Gasteiger charge is -2.32. The van der Waals surface area contributed by atoms with Gasteiger partial charge in [-0.25, -0.2) is 17.5 Å². The second kappa shape index (κ2) is 5.54. The molecule has 5 nitrogen and oxygen atoms in total. The summed E-state index contributed by atoms with van der Waals surface area (Å²) in [5, 5.41) is 0. The molecule has 0 heterocycles. The smallest absolute Gasteiger partial charge is 0.424 e. The van der Waals surface area contributed by atoms with Gasteiger partial charge in [0.15, 0.2) is 0 Å². The summed E-state index contributed by atoms with van der Waals surface area (Å²) >= 11 is 0. The molecular weight excluding hydrogens is 278 g/mol. The van der Waals surface area contributed by atoms with Gasteiger partial charge in [-0.3, -0.25) is 0 Å². The lowest BCUT2D eigenvalue weighted by atomic mass is 9.82. The lowest BCUT2D eigenvalue weighted by molar-refractivity contribution is 0.0352. The van der Waals surface area contributed by atoms with Crippen LogP contribution in [0.2, 0.25) is 0 Å². The van der Waals surface area contributed by atoms with Crippen molar-refractivity contribution >= 4 is 16.1 Å². The van der Waals surface area contributed by atoms with Crippen LogP contribution in [0.15, 0.2) is 0 Å². The number of sulfonamides is 1. The van der Waals surface area contributed by atoms with Gasteiger partial charge < -0.3 is 4.74 Å². The Kier molecular flexibility index (Phi) is 4.79. The molecule has 1 aliphatic rings. The number of amides is 1. The first-order valence-corrected chi connectivity index (χ1v) is 8.88. The lowest BCUT2D eigenvalue weighted by Crippen LogP contribution is -2.44. The fraction of sp³-hybridized carbons (Fsp3) is 0.929. The van der Waals surface area contributed by atoms with Crippen molar-refractivity contribution in [2.75, 3.05) is 12.8 Å². The molecule has 0 bridgehead atoms. The summed E-state index contributed by atoms with van der Waals surface area (Å²) in [7, 11) is -3.62. The van der Waals surface area contributed by atoms with Crippen LogP contribution in [0, 0.1) is 11.3 Å². The van der Waals surface area contributed by atoms with E-state index in [1.54, 1.807) is 20.8 Å². The molecule has 1 amide bonds. The summed E-state index contributed by atoms with van der Waals surface area (Å²) in [4.78, 5) is 12.1. The van der Waals surface area contributed by atoms with E-state index in [0.29, 0.717) is 0 Å². The summed E-state index contributed by atoms with van der Waals surface area (Å²) in [5.74, 6) is 0.185. The fourth-order valence-corrected chi connectivity index (χ4v) is 3.35. The average molecular weight is 305 g/mol. The zero-order valence-corrected chi connectivity index (χ0v) is 14.2. The van der Waals surface area contributed by atoms with E-state index in [1.165, 1.54) is 0 Å². The van der Waals surface area contributed by atoms with Crippen molar-refractivity contribution in [1.82, 2.24) is 4.31 Å². The van der Waals surface area contributed by atoms with Crippen molar-refractivity contribution in [2.45, 2.75) is 59.5 Å². The second-order valence-electron chi connectivity index (χ2n) is 7.35. The van der Waals surface area contributed by atoms with Crippen molar-refractivity contribution < 1.29 is 17.9 Å². The van der Waals surface area contributed by atoms with Gasteiger partial charge in [-0.2, -0.15) is 0 Å². The van der Waals surface area contributed by atoms with E-state index >= 15 is 0 Å². The summed E-state index contributed by atoms with van der Waals surface area (Å²) in [6.45, 7) is 9.64. The van der Waals surface area contributed by atoms with Crippen LogP contribution in [-0.2, 0) is 14.8 Å². The first-order chi connectivity index (χ1) is 8.83. The number of ether oxygens (including phenoxy) is 1. The Morgan fingerprint density at radius 3 is 2.25 bits per heavy atom. The van der Waals surface area contributed by atoms with Crippen molar-refractivity contribution in [3.8, 4) is 0 Å². The maximum absolute atomic E-state index is 12.1. The Bertz CT molecular complexity index is 462. The van der Waals surface area contributed by atoms with Gasteiger partial charge in [-0.1, -0.05) is 20.3 Å². The molecule has 1 atom stereocenters. The van der Waals surface area contributed by atoms with Crippen LogP contribution in [0.5, 0.6) is 0 Å². The SMILES string of the molecule is CC(C)(C)OC(=O)N(CC1CCCC1(C)C)S(C)(=O)=O. The summed E-state index contributed by atoms with van der Waals surface area (Å²) in [6, 6.07) is 0. The highest BCUT2D eigenvalue weighted by atomic mass is 32.2. The van der Waals surface area contributed by atoms with E-state index in [-0.39, 0.29) is 17.9 Å². The molecule has 0 aromatic rings. The van der Waals surface area contributed by atoms with E-state index in [0.717, 1.165) is 29.8 Å². The largest absolute Gasteiger partial charge is 0.443 e. The Labute approximate surface area is 122 Å². The highest BCUT2D eigenvalue weighted by molar-refractivity contribution is 7.88. The molecule has 0 saturated heterocycles. The molecule has 0 N–H and O–H groups in total. The topological polar surface area (TPSA) is 63.7 Å². The molecule has 0 aliphatic heterocycles. The Morgan fingerprint density at radius 1 is 1.35 bits per heavy atom. The summed E-state index contributed by atoms with van der Waals surface area (Å²) < 4.78 is 29.9. The van der Waals surface area contributed by atoms with Crippen LogP contribution >= 0.6 is 0 Å². The van der Waals surface area contributed by atoms with Crippen LogP contribution in [-0.4, -0.2) is 37.2 Å². The van der Waals surface area contributed by atoms with Crippen molar-refractivity contribution in [1.29, 1.82) is 0 Å². The van der Waals surface area contributed by atoms with E-state index in [1.807, 2.05) is 0 Å². The van der Waals surface area contributed by atoms with Crippen LogP contribution in [0.25, 0.3) is 0 Å². The molecule has 1 fully saturated rings. The minimum Gasteiger partial charge on any atom is -0.443 e. The first kappa shape index (κ1) is 17.3. The molecule has 0 aromatic heterocycles. The number of hydrogen-bond donors (Lipinski definition) is 0. The number of hydrogen-bond acceptors (Lipinski definition) is 4. The van der Waals surface area contributed by atoms with Crippen LogP contribution in [0.1, 0.15) is 53.9 Å². The second-order valence-corrected chi connectivity index (χ2v) is 9.26. The Morgan fingerprint density at radius 2 is 1.90 bits per heavy atom. The van der Waals surface area contributed by atoms with Gasteiger partial charge in [0.1, 0.15) is 5.60 Å². The molecule has 118 valence electrons. The Balaban J connectivity index is 2.89. The van der Waals surface area contributed by atoms with Gasteiger partial charge >= 0.3 is 6.09 Å². The monoisotopic (exact) mass is 305 g/mol. The van der Waals surface area contributed by atoms with Crippen molar-refractivity contribution in [2.24, 2.45) is 11.3 Å². The maximum atomic E-state index is 12.1. The molecule has 6 heteroatoms. The van der Waals surface area contributed by atoms with E-state index in [4.69, 9.17) is 4.74 Å². The normalized spacial score (nSPS) is 22.6. The number of carbonyl (C=O) groups is 1. The summed E-state index contributed by atoms with van der Waals surface area (Å²) in [5.41, 5.74) is -0.643. The van der Waals surface area contributed by atoms with Gasteiger partial charge in [-0.15, -0.1) is 0 Å². The molecular formula is C14H27NO4S. The third kappa shape index (κ3) is 4.65. The molecule has 0 radical (unpaired) electrons. The standard InChI is InChI=1S/C14H27NO4S/c1-13(2,3)19-12(16)15(20(6,17)18)10-11-8-7-9-14(11,4)5/h11H,7-10H2,1-6H3. The number of nitrogens with zero attached hydrogens (tertiary/aromatic N) is 1. The highest BCUT2D eigenvalue weighted by Crippen LogP contribution is 2.43. The fourth-order valence-electron chi connectivity index (χ4n) is 2.60. The molecule has 20 heavy (non-hydrogen) atoms. The summed E-state index contributed by atoms with van der Waals surface area (Å²) in [6.07, 6.45) is 3.36. The van der Waals surface area contributed by atoms with Crippen molar-refractivity contribution in [3.05, 3.63) is 0 Å². The molecule has 1 rings (SSSR count). The molecule has 0 aromatic carbocycles. The Hall–Kier alpha value is -0.780. The van der Waals surface area contributed by atoms with Crippen molar-refractivity contribution in [3.63, 3.8) is 0 Å². The zero-order chi connectivity index (χ0) is 15.8. The molecule has 1 aliphatic carbocycles. The third-order valence-electron chi connectivity index (χ3n) is 3.86. The molecule has 1 saturated carbocycles. The van der Waals surface area contributed by atoms with E-state index in [9.17, 15) is 13.2 Å². The number of carbonyl (C=O) groups excluding carboxylic acids is 1. The van der Waals surface area contributed by atoms with E-state index in [2.05, 4.69) is 13.8 Å². The van der Waals surface area contributed by atoms with E-state index < -0.39 is 21.7 Å². The third-order valence-corrected chi connectivity index (χ3v) is 4.96. The van der Waals surface area contributed by atoms with Crippen LogP contribution < -0.4 is 0 Å². The highest BCUT2D eigenvalue weighted by Gasteiger charge is 2.39. The predicted octanol–water partition coefficient (Wildman–Crippen LogP) is 3.01. The van der Waals surface area contributed by atoms with Crippen LogP contribution in [0.4, 0.5) is 4.79 Å². The van der Waals surface area contributed by atoms with Gasteiger partial charge in [0.05, 0.1) is 6.26 Å². The first-order valence-electron chi connectivity index (χ1n) is 7.04. The minimum absolute atomic E-state index is 0.0605. The van der Waals surface area contributed by atoms with Gasteiger partial charge in [0.25, 0.3) is 0 Å². The van der Waals surface area contributed by atoms with Crippen LogP contribution in [0.3, 0.4) is 0 Å². The predicted molar refractivity (Wildman–Crippen MR) is 78.9 cm³/mol. The van der Waals surface area contributed by atoms with Gasteiger partial charge in [0.2, 0.25) is 10.0 Å².